The van der Waals surface area contributed by atoms with E-state index < -0.39 is 5.41 Å². The van der Waals surface area contributed by atoms with Gasteiger partial charge in [0.2, 0.25) is 5.91 Å². The van der Waals surface area contributed by atoms with Crippen molar-refractivity contribution in [1.29, 1.82) is 0 Å². The van der Waals surface area contributed by atoms with Gasteiger partial charge < -0.3 is 11.1 Å². The standard InChI is InChI=1S/C14H26N4O/c1-4-6-14(11-15,7-5-2)13(19)16-8-12-9-17-18(3)10-12/h9-10H,4-8,11,15H2,1-3H3,(H,16,19). The van der Waals surface area contributed by atoms with Crippen molar-refractivity contribution in [2.75, 3.05) is 6.54 Å². The van der Waals surface area contributed by atoms with Gasteiger partial charge in [-0.2, -0.15) is 5.10 Å². The topological polar surface area (TPSA) is 72.9 Å². The van der Waals surface area contributed by atoms with E-state index in [0.717, 1.165) is 31.2 Å². The molecule has 108 valence electrons. The quantitative estimate of drug-likeness (QED) is 0.750. The van der Waals surface area contributed by atoms with Gasteiger partial charge in [0.25, 0.3) is 0 Å². The molecule has 1 heterocycles. The molecule has 0 saturated carbocycles. The Bertz CT molecular complexity index is 394. The summed E-state index contributed by atoms with van der Waals surface area (Å²) in [5.41, 5.74) is 6.47. The van der Waals surface area contributed by atoms with E-state index >= 15 is 0 Å². The van der Waals surface area contributed by atoms with Crippen molar-refractivity contribution in [1.82, 2.24) is 15.1 Å². The van der Waals surface area contributed by atoms with Crippen molar-refractivity contribution in [2.24, 2.45) is 18.2 Å². The summed E-state index contributed by atoms with van der Waals surface area (Å²) in [4.78, 5) is 12.4. The van der Waals surface area contributed by atoms with Gasteiger partial charge in [-0.1, -0.05) is 26.7 Å². The van der Waals surface area contributed by atoms with Gasteiger partial charge >= 0.3 is 0 Å². The molecule has 0 aliphatic rings. The van der Waals surface area contributed by atoms with Gasteiger partial charge in [0.05, 0.1) is 11.6 Å². The zero-order valence-electron chi connectivity index (χ0n) is 12.3. The summed E-state index contributed by atoms with van der Waals surface area (Å²) in [7, 11) is 1.86. The second-order valence-electron chi connectivity index (χ2n) is 5.19. The average Bonchev–Trinajstić information content (AvgIpc) is 2.81. The summed E-state index contributed by atoms with van der Waals surface area (Å²) < 4.78 is 1.73. The van der Waals surface area contributed by atoms with Gasteiger partial charge in [-0.3, -0.25) is 9.48 Å². The van der Waals surface area contributed by atoms with Crippen molar-refractivity contribution >= 4 is 5.91 Å². The fourth-order valence-electron chi connectivity index (χ4n) is 2.54. The Morgan fingerprint density at radius 1 is 1.42 bits per heavy atom. The molecule has 0 spiro atoms. The number of nitrogens with zero attached hydrogens (tertiary/aromatic N) is 2. The van der Waals surface area contributed by atoms with Crippen LogP contribution in [0.25, 0.3) is 0 Å². The lowest BCUT2D eigenvalue weighted by atomic mass is 9.78. The third kappa shape index (κ3) is 4.06. The fourth-order valence-corrected chi connectivity index (χ4v) is 2.54. The Labute approximate surface area is 115 Å². The number of aromatic nitrogens is 2. The minimum Gasteiger partial charge on any atom is -0.351 e. The number of carbonyl (C=O) groups is 1. The highest BCUT2D eigenvalue weighted by Gasteiger charge is 2.34. The molecule has 3 N–H and O–H groups in total. The van der Waals surface area contributed by atoms with Gasteiger partial charge in [-0.05, 0) is 12.8 Å². The average molecular weight is 266 g/mol. The smallest absolute Gasteiger partial charge is 0.227 e. The summed E-state index contributed by atoms with van der Waals surface area (Å²) in [6.07, 6.45) is 7.30. The lowest BCUT2D eigenvalue weighted by molar-refractivity contribution is -0.131. The molecule has 0 radical (unpaired) electrons. The number of amides is 1. The highest BCUT2D eigenvalue weighted by atomic mass is 16.2. The van der Waals surface area contributed by atoms with Gasteiger partial charge in [0.1, 0.15) is 0 Å². The van der Waals surface area contributed by atoms with E-state index in [2.05, 4.69) is 24.3 Å². The maximum atomic E-state index is 12.4. The summed E-state index contributed by atoms with van der Waals surface area (Å²) in [6, 6.07) is 0. The minimum absolute atomic E-state index is 0.0718. The van der Waals surface area contributed by atoms with E-state index in [0.29, 0.717) is 13.1 Å². The number of aryl methyl sites for hydroxylation is 1. The van der Waals surface area contributed by atoms with Crippen molar-refractivity contribution in [3.8, 4) is 0 Å². The maximum absolute atomic E-state index is 12.4. The number of nitrogens with two attached hydrogens (primary N) is 1. The molecule has 0 bridgehead atoms. The maximum Gasteiger partial charge on any atom is 0.227 e. The first-order valence-electron chi connectivity index (χ1n) is 7.04. The summed E-state index contributed by atoms with van der Waals surface area (Å²) in [5.74, 6) is 0.0718. The molecule has 5 nitrogen and oxygen atoms in total. The molecule has 1 amide bonds. The predicted molar refractivity (Wildman–Crippen MR) is 76.4 cm³/mol. The molecule has 0 fully saturated rings. The van der Waals surface area contributed by atoms with E-state index in [1.165, 1.54) is 0 Å². The van der Waals surface area contributed by atoms with Gasteiger partial charge in [-0.15, -0.1) is 0 Å². The van der Waals surface area contributed by atoms with Crippen LogP contribution in [0, 0.1) is 5.41 Å². The fraction of sp³-hybridized carbons (Fsp3) is 0.714. The van der Waals surface area contributed by atoms with Gasteiger partial charge in [-0.25, -0.2) is 0 Å². The first-order valence-corrected chi connectivity index (χ1v) is 7.04. The predicted octanol–water partition coefficient (Wildman–Crippen LogP) is 1.58. The molecule has 0 aromatic carbocycles. The SMILES string of the molecule is CCCC(CN)(CCC)C(=O)NCc1cnn(C)c1. The number of hydrogen-bond donors (Lipinski definition) is 2. The van der Waals surface area contributed by atoms with Crippen LogP contribution >= 0.6 is 0 Å². The Morgan fingerprint density at radius 2 is 2.05 bits per heavy atom. The number of carbonyl (C=O) groups excluding carboxylic acids is 1. The molecular weight excluding hydrogens is 240 g/mol. The van der Waals surface area contributed by atoms with E-state index in [1.807, 2.05) is 13.2 Å². The van der Waals surface area contributed by atoms with Crippen molar-refractivity contribution in [3.05, 3.63) is 18.0 Å². The Morgan fingerprint density at radius 3 is 2.47 bits per heavy atom. The second-order valence-corrected chi connectivity index (χ2v) is 5.19. The highest BCUT2D eigenvalue weighted by molar-refractivity contribution is 5.82. The second kappa shape index (κ2) is 7.28. The molecule has 0 atom stereocenters. The van der Waals surface area contributed by atoms with Crippen molar-refractivity contribution in [3.63, 3.8) is 0 Å². The molecule has 0 unspecified atom stereocenters. The zero-order valence-corrected chi connectivity index (χ0v) is 12.3. The Balaban J connectivity index is 2.65. The third-order valence-corrected chi connectivity index (χ3v) is 3.54. The van der Waals surface area contributed by atoms with Crippen LogP contribution < -0.4 is 11.1 Å². The zero-order chi connectivity index (χ0) is 14.3. The minimum atomic E-state index is -0.411. The van der Waals surface area contributed by atoms with Crippen LogP contribution in [0.4, 0.5) is 0 Å². The molecule has 1 rings (SSSR count). The van der Waals surface area contributed by atoms with Crippen LogP contribution in [0.1, 0.15) is 45.1 Å². The van der Waals surface area contributed by atoms with Crippen LogP contribution in [0.15, 0.2) is 12.4 Å². The van der Waals surface area contributed by atoms with E-state index in [1.54, 1.807) is 10.9 Å². The first-order chi connectivity index (χ1) is 9.07. The number of hydrogen-bond acceptors (Lipinski definition) is 3. The summed E-state index contributed by atoms with van der Waals surface area (Å²) in [5, 5.41) is 7.09. The van der Waals surface area contributed by atoms with Crippen LogP contribution in [-0.2, 0) is 18.4 Å². The van der Waals surface area contributed by atoms with E-state index in [4.69, 9.17) is 5.73 Å². The molecule has 0 saturated heterocycles. The molecule has 1 aromatic heterocycles. The normalized spacial score (nSPS) is 11.6. The third-order valence-electron chi connectivity index (χ3n) is 3.54. The van der Waals surface area contributed by atoms with Crippen molar-refractivity contribution in [2.45, 2.75) is 46.1 Å². The van der Waals surface area contributed by atoms with E-state index in [-0.39, 0.29) is 5.91 Å². The molecule has 5 heteroatoms. The largest absolute Gasteiger partial charge is 0.351 e. The Hall–Kier alpha value is -1.36. The number of rotatable bonds is 8. The van der Waals surface area contributed by atoms with Crippen LogP contribution in [0.3, 0.4) is 0 Å². The monoisotopic (exact) mass is 266 g/mol. The highest BCUT2D eigenvalue weighted by Crippen LogP contribution is 2.29. The van der Waals surface area contributed by atoms with Gasteiger partial charge in [0, 0.05) is 31.9 Å². The summed E-state index contributed by atoms with van der Waals surface area (Å²) >= 11 is 0. The number of nitrogens with one attached hydrogen (secondary N) is 1. The van der Waals surface area contributed by atoms with Crippen molar-refractivity contribution < 1.29 is 4.79 Å². The van der Waals surface area contributed by atoms with Crippen LogP contribution in [-0.4, -0.2) is 22.2 Å². The van der Waals surface area contributed by atoms with Gasteiger partial charge in [0.15, 0.2) is 0 Å². The first kappa shape index (κ1) is 15.7. The summed E-state index contributed by atoms with van der Waals surface area (Å²) in [6.45, 7) is 5.11. The molecular formula is C14H26N4O. The van der Waals surface area contributed by atoms with Crippen LogP contribution in [0.2, 0.25) is 0 Å². The molecule has 0 aliphatic heterocycles. The molecule has 19 heavy (non-hydrogen) atoms. The van der Waals surface area contributed by atoms with Crippen LogP contribution in [0.5, 0.6) is 0 Å². The lowest BCUT2D eigenvalue weighted by Crippen LogP contribution is -2.45. The molecule has 0 aliphatic carbocycles. The molecule has 1 aromatic rings. The lowest BCUT2D eigenvalue weighted by Gasteiger charge is -2.30. The van der Waals surface area contributed by atoms with E-state index in [9.17, 15) is 4.79 Å². The Kier molecular flexibility index (Phi) is 6.02.